The first-order chi connectivity index (χ1) is 12.9. The number of carbonyl (C=O) groups excluding carboxylic acids is 3. The van der Waals surface area contributed by atoms with Crippen molar-refractivity contribution in [1.82, 2.24) is 4.90 Å². The lowest BCUT2D eigenvalue weighted by Crippen LogP contribution is -2.43. The normalized spacial score (nSPS) is 16.7. The maximum absolute atomic E-state index is 13.7. The van der Waals surface area contributed by atoms with Crippen molar-refractivity contribution in [3.63, 3.8) is 0 Å². The molecular formula is C19H20FN3O3S. The molecule has 1 atom stereocenters. The molecule has 6 nitrogen and oxygen atoms in total. The largest absolute Gasteiger partial charge is 0.337 e. The lowest BCUT2D eigenvalue weighted by atomic mass is 9.97. The third kappa shape index (κ3) is 4.71. The predicted octanol–water partition coefficient (Wildman–Crippen LogP) is 3.34. The molecule has 2 heterocycles. The van der Waals surface area contributed by atoms with E-state index in [9.17, 15) is 18.8 Å². The van der Waals surface area contributed by atoms with Gasteiger partial charge in [0.2, 0.25) is 11.8 Å². The fraction of sp³-hybridized carbons (Fsp3) is 0.316. The molecule has 0 radical (unpaired) electrons. The van der Waals surface area contributed by atoms with Crippen LogP contribution in [0.3, 0.4) is 0 Å². The summed E-state index contributed by atoms with van der Waals surface area (Å²) >= 11 is 1.38. The number of hydrogen-bond donors (Lipinski definition) is 2. The zero-order chi connectivity index (χ0) is 19.4. The van der Waals surface area contributed by atoms with Gasteiger partial charge in [0.15, 0.2) is 0 Å². The van der Waals surface area contributed by atoms with Crippen LogP contribution < -0.4 is 10.6 Å². The van der Waals surface area contributed by atoms with Crippen LogP contribution in [-0.4, -0.2) is 35.7 Å². The Balaban J connectivity index is 1.65. The third-order valence-corrected chi connectivity index (χ3v) is 5.21. The summed E-state index contributed by atoms with van der Waals surface area (Å²) in [6.45, 7) is 2.26. The van der Waals surface area contributed by atoms with Gasteiger partial charge in [-0.05, 0) is 42.5 Å². The molecule has 27 heavy (non-hydrogen) atoms. The number of thiophene rings is 1. The minimum absolute atomic E-state index is 0.0124. The highest BCUT2D eigenvalue weighted by atomic mass is 32.1. The van der Waals surface area contributed by atoms with Gasteiger partial charge >= 0.3 is 0 Å². The number of nitrogens with one attached hydrogen (secondary N) is 2. The van der Waals surface area contributed by atoms with Gasteiger partial charge in [0, 0.05) is 25.7 Å². The van der Waals surface area contributed by atoms with Gasteiger partial charge in [-0.3, -0.25) is 14.4 Å². The number of rotatable bonds is 4. The molecule has 1 aliphatic heterocycles. The Morgan fingerprint density at radius 1 is 1.22 bits per heavy atom. The Hall–Kier alpha value is -2.74. The Labute approximate surface area is 160 Å². The van der Waals surface area contributed by atoms with E-state index in [0.717, 1.165) is 6.42 Å². The maximum Gasteiger partial charge on any atom is 0.263 e. The van der Waals surface area contributed by atoms with Gasteiger partial charge in [0.25, 0.3) is 5.91 Å². The van der Waals surface area contributed by atoms with Crippen LogP contribution in [0.1, 0.15) is 29.4 Å². The van der Waals surface area contributed by atoms with Crippen molar-refractivity contribution in [2.24, 2.45) is 5.92 Å². The van der Waals surface area contributed by atoms with Crippen LogP contribution in [-0.2, 0) is 9.59 Å². The summed E-state index contributed by atoms with van der Waals surface area (Å²) in [7, 11) is 0. The van der Waals surface area contributed by atoms with Gasteiger partial charge in [-0.25, -0.2) is 4.39 Å². The number of halogens is 1. The second-order valence-electron chi connectivity index (χ2n) is 6.43. The van der Waals surface area contributed by atoms with Crippen molar-refractivity contribution < 1.29 is 18.8 Å². The number of nitrogens with zero attached hydrogens (tertiary/aromatic N) is 1. The topological polar surface area (TPSA) is 78.5 Å². The molecule has 0 aliphatic carbocycles. The van der Waals surface area contributed by atoms with E-state index in [1.165, 1.54) is 36.5 Å². The quantitative estimate of drug-likeness (QED) is 0.842. The van der Waals surface area contributed by atoms with E-state index in [1.807, 2.05) is 11.4 Å². The SMILES string of the molecule is CC(=O)Nc1cc(NC(=O)C2CCCN(C(=O)c3cccs3)C2)ccc1F. The molecule has 8 heteroatoms. The molecule has 1 saturated heterocycles. The smallest absolute Gasteiger partial charge is 0.263 e. The molecule has 1 fully saturated rings. The van der Waals surface area contributed by atoms with Crippen LogP contribution in [0.4, 0.5) is 15.8 Å². The molecule has 2 N–H and O–H groups in total. The highest BCUT2D eigenvalue weighted by Gasteiger charge is 2.29. The zero-order valence-electron chi connectivity index (χ0n) is 14.8. The average Bonchev–Trinajstić information content (AvgIpc) is 3.18. The minimum Gasteiger partial charge on any atom is -0.337 e. The van der Waals surface area contributed by atoms with Crippen LogP contribution in [0.2, 0.25) is 0 Å². The van der Waals surface area contributed by atoms with Crippen molar-refractivity contribution in [3.05, 3.63) is 46.4 Å². The van der Waals surface area contributed by atoms with Crippen molar-refractivity contribution >= 4 is 40.4 Å². The standard InChI is InChI=1S/C19H20FN3O3S/c1-12(24)21-16-10-14(6-7-15(16)20)22-18(25)13-4-2-8-23(11-13)19(26)17-5-3-9-27-17/h3,5-7,9-10,13H,2,4,8,11H2,1H3,(H,21,24)(H,22,25). The van der Waals surface area contributed by atoms with Crippen LogP contribution >= 0.6 is 11.3 Å². The molecule has 0 spiro atoms. The van der Waals surface area contributed by atoms with E-state index < -0.39 is 11.7 Å². The van der Waals surface area contributed by atoms with E-state index in [4.69, 9.17) is 0 Å². The Morgan fingerprint density at radius 3 is 2.74 bits per heavy atom. The summed E-state index contributed by atoms with van der Waals surface area (Å²) in [6.07, 6.45) is 1.43. The monoisotopic (exact) mass is 389 g/mol. The van der Waals surface area contributed by atoms with Gasteiger partial charge in [0.1, 0.15) is 5.82 Å². The molecule has 1 unspecified atom stereocenters. The number of amides is 3. The van der Waals surface area contributed by atoms with Crippen LogP contribution in [0.15, 0.2) is 35.7 Å². The second kappa shape index (κ2) is 8.30. The third-order valence-electron chi connectivity index (χ3n) is 4.36. The fourth-order valence-corrected chi connectivity index (χ4v) is 3.76. The van der Waals surface area contributed by atoms with E-state index in [0.29, 0.717) is 30.1 Å². The maximum atomic E-state index is 13.7. The van der Waals surface area contributed by atoms with Crippen molar-refractivity contribution in [1.29, 1.82) is 0 Å². The van der Waals surface area contributed by atoms with Gasteiger partial charge < -0.3 is 15.5 Å². The first-order valence-corrected chi connectivity index (χ1v) is 9.53. The Morgan fingerprint density at radius 2 is 2.04 bits per heavy atom. The fourth-order valence-electron chi connectivity index (χ4n) is 3.06. The molecule has 0 bridgehead atoms. The predicted molar refractivity (Wildman–Crippen MR) is 102 cm³/mol. The number of benzene rings is 1. The summed E-state index contributed by atoms with van der Waals surface area (Å²) in [5.41, 5.74) is 0.408. The van der Waals surface area contributed by atoms with Crippen molar-refractivity contribution in [3.8, 4) is 0 Å². The van der Waals surface area contributed by atoms with Crippen molar-refractivity contribution in [2.45, 2.75) is 19.8 Å². The Kier molecular flexibility index (Phi) is 5.85. The molecule has 1 aromatic carbocycles. The number of carbonyl (C=O) groups is 3. The first kappa shape index (κ1) is 19.0. The summed E-state index contributed by atoms with van der Waals surface area (Å²) in [4.78, 5) is 38.6. The lowest BCUT2D eigenvalue weighted by Gasteiger charge is -2.31. The highest BCUT2D eigenvalue weighted by molar-refractivity contribution is 7.12. The van der Waals surface area contributed by atoms with E-state index >= 15 is 0 Å². The first-order valence-electron chi connectivity index (χ1n) is 8.65. The van der Waals surface area contributed by atoms with Crippen LogP contribution in [0, 0.1) is 11.7 Å². The van der Waals surface area contributed by atoms with Crippen LogP contribution in [0.5, 0.6) is 0 Å². The molecule has 0 saturated carbocycles. The minimum atomic E-state index is -0.575. The zero-order valence-corrected chi connectivity index (χ0v) is 15.6. The second-order valence-corrected chi connectivity index (χ2v) is 7.38. The molecule has 1 aromatic heterocycles. The van der Waals surface area contributed by atoms with Crippen molar-refractivity contribution in [2.75, 3.05) is 23.7 Å². The summed E-state index contributed by atoms with van der Waals surface area (Å²) in [5.74, 6) is -1.59. The average molecular weight is 389 g/mol. The number of piperidine rings is 1. The van der Waals surface area contributed by atoms with Gasteiger partial charge in [-0.1, -0.05) is 6.07 Å². The summed E-state index contributed by atoms with van der Waals surface area (Å²) < 4.78 is 13.7. The summed E-state index contributed by atoms with van der Waals surface area (Å²) in [6, 6.07) is 7.61. The van der Waals surface area contributed by atoms with E-state index in [-0.39, 0.29) is 23.4 Å². The lowest BCUT2D eigenvalue weighted by molar-refractivity contribution is -0.121. The van der Waals surface area contributed by atoms with Gasteiger partial charge in [-0.2, -0.15) is 0 Å². The van der Waals surface area contributed by atoms with Crippen LogP contribution in [0.25, 0.3) is 0 Å². The molecule has 3 rings (SSSR count). The number of anilines is 2. The molecular weight excluding hydrogens is 369 g/mol. The molecule has 1 aliphatic rings. The van der Waals surface area contributed by atoms with E-state index in [1.54, 1.807) is 11.0 Å². The number of hydrogen-bond acceptors (Lipinski definition) is 4. The molecule has 3 amide bonds. The molecule has 2 aromatic rings. The van der Waals surface area contributed by atoms with E-state index in [2.05, 4.69) is 10.6 Å². The summed E-state index contributed by atoms with van der Waals surface area (Å²) in [5, 5.41) is 6.99. The molecule has 142 valence electrons. The van der Waals surface area contributed by atoms with Gasteiger partial charge in [0.05, 0.1) is 16.5 Å². The number of likely N-dealkylation sites (tertiary alicyclic amines) is 1. The highest BCUT2D eigenvalue weighted by Crippen LogP contribution is 2.24. The van der Waals surface area contributed by atoms with Gasteiger partial charge in [-0.15, -0.1) is 11.3 Å². The Bertz CT molecular complexity index is 854.